The molecule has 22 heavy (non-hydrogen) atoms. The maximum atomic E-state index is 13.0. The van der Waals surface area contributed by atoms with Crippen LogP contribution in [0.15, 0.2) is 12.1 Å². The topological polar surface area (TPSA) is 17.1 Å². The summed E-state index contributed by atoms with van der Waals surface area (Å²) in [5.74, 6) is 1.53. The van der Waals surface area contributed by atoms with E-state index in [2.05, 4.69) is 69.8 Å². The summed E-state index contributed by atoms with van der Waals surface area (Å²) in [6.45, 7) is 15.4. The van der Waals surface area contributed by atoms with Gasteiger partial charge in [0.1, 0.15) is 0 Å². The highest BCUT2D eigenvalue weighted by molar-refractivity contribution is 7.19. The van der Waals surface area contributed by atoms with E-state index in [0.29, 0.717) is 23.5 Å². The zero-order valence-corrected chi connectivity index (χ0v) is 16.5. The Kier molecular flexibility index (Phi) is 7.26. The fourth-order valence-electron chi connectivity index (χ4n) is 2.87. The van der Waals surface area contributed by atoms with Crippen molar-refractivity contribution in [1.82, 2.24) is 0 Å². The summed E-state index contributed by atoms with van der Waals surface area (Å²) in [4.78, 5) is 13.0. The van der Waals surface area contributed by atoms with Gasteiger partial charge in [-0.15, -0.1) is 9.24 Å². The van der Waals surface area contributed by atoms with Gasteiger partial charge in [0, 0.05) is 11.2 Å². The standard InChI is InChI=1S/C20H33OP/c1-8-9-18(22)20(21)19-16(13(4)5)10-15(12(2)3)11-17(19)14(6)7/h10-14,18H,8-9,22H2,1-7H3. The van der Waals surface area contributed by atoms with Gasteiger partial charge in [0.2, 0.25) is 0 Å². The van der Waals surface area contributed by atoms with Crippen molar-refractivity contribution in [3.63, 3.8) is 0 Å². The predicted molar refractivity (Wildman–Crippen MR) is 101 cm³/mol. The summed E-state index contributed by atoms with van der Waals surface area (Å²) < 4.78 is 0. The minimum Gasteiger partial charge on any atom is -0.293 e. The monoisotopic (exact) mass is 320 g/mol. The predicted octanol–water partition coefficient (Wildman–Crippen LogP) is 6.28. The van der Waals surface area contributed by atoms with E-state index in [0.717, 1.165) is 18.4 Å². The van der Waals surface area contributed by atoms with Gasteiger partial charge in [0.05, 0.1) is 0 Å². The molecule has 0 saturated carbocycles. The van der Waals surface area contributed by atoms with Crippen LogP contribution in [0.25, 0.3) is 0 Å². The molecule has 0 bridgehead atoms. The minimum absolute atomic E-state index is 0.0323. The van der Waals surface area contributed by atoms with E-state index in [-0.39, 0.29) is 5.66 Å². The number of hydrogen-bond acceptors (Lipinski definition) is 1. The Labute approximate surface area is 139 Å². The first-order chi connectivity index (χ1) is 10.2. The average molecular weight is 320 g/mol. The van der Waals surface area contributed by atoms with E-state index >= 15 is 0 Å². The third kappa shape index (κ3) is 4.42. The van der Waals surface area contributed by atoms with Crippen molar-refractivity contribution in [3.8, 4) is 0 Å². The van der Waals surface area contributed by atoms with E-state index in [1.54, 1.807) is 0 Å². The second kappa shape index (κ2) is 8.25. The van der Waals surface area contributed by atoms with Crippen LogP contribution in [0.4, 0.5) is 0 Å². The molecule has 0 spiro atoms. The van der Waals surface area contributed by atoms with Gasteiger partial charge in [-0.25, -0.2) is 0 Å². The summed E-state index contributed by atoms with van der Waals surface area (Å²) >= 11 is 0. The van der Waals surface area contributed by atoms with Crippen LogP contribution in [0.5, 0.6) is 0 Å². The molecule has 2 atom stereocenters. The molecule has 0 fully saturated rings. The quantitative estimate of drug-likeness (QED) is 0.426. The van der Waals surface area contributed by atoms with Crippen molar-refractivity contribution in [2.45, 2.75) is 84.7 Å². The van der Waals surface area contributed by atoms with Crippen LogP contribution in [0.3, 0.4) is 0 Å². The van der Waals surface area contributed by atoms with Gasteiger partial charge in [-0.05, 0) is 40.9 Å². The average Bonchev–Trinajstić information content (AvgIpc) is 2.44. The number of rotatable bonds is 7. The molecular formula is C20H33OP. The first-order valence-electron chi connectivity index (χ1n) is 8.68. The highest BCUT2D eigenvalue weighted by Crippen LogP contribution is 2.34. The molecular weight excluding hydrogens is 287 g/mol. The smallest absolute Gasteiger partial charge is 0.170 e. The van der Waals surface area contributed by atoms with Crippen LogP contribution in [-0.2, 0) is 0 Å². The lowest BCUT2D eigenvalue weighted by atomic mass is 9.82. The molecule has 0 N–H and O–H groups in total. The second-order valence-electron chi connectivity index (χ2n) is 7.30. The highest BCUT2D eigenvalue weighted by atomic mass is 31.0. The van der Waals surface area contributed by atoms with Crippen LogP contribution in [0.1, 0.15) is 106 Å². The van der Waals surface area contributed by atoms with Gasteiger partial charge in [-0.2, -0.15) is 0 Å². The van der Waals surface area contributed by atoms with Crippen molar-refractivity contribution in [2.24, 2.45) is 0 Å². The fraction of sp³-hybridized carbons (Fsp3) is 0.650. The summed E-state index contributed by atoms with van der Waals surface area (Å²) in [5, 5.41) is 0. The lowest BCUT2D eigenvalue weighted by Crippen LogP contribution is -2.20. The Morgan fingerprint density at radius 3 is 1.73 bits per heavy atom. The third-order valence-corrected chi connectivity index (χ3v) is 4.95. The van der Waals surface area contributed by atoms with E-state index in [1.165, 1.54) is 16.7 Å². The van der Waals surface area contributed by atoms with Crippen molar-refractivity contribution >= 4 is 15.0 Å². The Balaban J connectivity index is 3.54. The summed E-state index contributed by atoms with van der Waals surface area (Å²) in [6, 6.07) is 4.52. The maximum Gasteiger partial charge on any atom is 0.170 e. The first kappa shape index (κ1) is 19.4. The number of carbonyl (C=O) groups is 1. The number of benzene rings is 1. The highest BCUT2D eigenvalue weighted by Gasteiger charge is 2.25. The Morgan fingerprint density at radius 1 is 0.955 bits per heavy atom. The summed E-state index contributed by atoms with van der Waals surface area (Å²) in [6.07, 6.45) is 1.97. The van der Waals surface area contributed by atoms with E-state index in [4.69, 9.17) is 0 Å². The van der Waals surface area contributed by atoms with Crippen LogP contribution in [0, 0.1) is 0 Å². The maximum absolute atomic E-state index is 13.0. The van der Waals surface area contributed by atoms with Gasteiger partial charge in [-0.3, -0.25) is 4.79 Å². The second-order valence-corrected chi connectivity index (χ2v) is 8.10. The molecule has 0 radical (unpaired) electrons. The summed E-state index contributed by atoms with van der Waals surface area (Å²) in [7, 11) is 2.76. The van der Waals surface area contributed by atoms with E-state index < -0.39 is 0 Å². The van der Waals surface area contributed by atoms with Gasteiger partial charge >= 0.3 is 0 Å². The largest absolute Gasteiger partial charge is 0.293 e. The molecule has 124 valence electrons. The van der Waals surface area contributed by atoms with Crippen molar-refractivity contribution in [3.05, 3.63) is 34.4 Å². The first-order valence-corrected chi connectivity index (χ1v) is 9.34. The molecule has 0 aliphatic rings. The number of hydrogen-bond donors (Lipinski definition) is 0. The fourth-order valence-corrected chi connectivity index (χ4v) is 3.37. The van der Waals surface area contributed by atoms with E-state index in [9.17, 15) is 4.79 Å². The van der Waals surface area contributed by atoms with Crippen molar-refractivity contribution in [1.29, 1.82) is 0 Å². The van der Waals surface area contributed by atoms with Crippen molar-refractivity contribution < 1.29 is 4.79 Å². The lowest BCUT2D eigenvalue weighted by molar-refractivity contribution is 0.0983. The zero-order valence-electron chi connectivity index (χ0n) is 15.4. The number of carbonyl (C=O) groups excluding carboxylic acids is 1. The van der Waals surface area contributed by atoms with E-state index in [1.807, 2.05) is 0 Å². The lowest BCUT2D eigenvalue weighted by Gasteiger charge is -2.23. The molecule has 0 saturated heterocycles. The van der Waals surface area contributed by atoms with Crippen molar-refractivity contribution in [2.75, 3.05) is 0 Å². The number of Topliss-reactive ketones (excluding diaryl/α,β-unsaturated/α-hetero) is 1. The normalized spacial score (nSPS) is 13.2. The van der Waals surface area contributed by atoms with Gasteiger partial charge in [0.25, 0.3) is 0 Å². The van der Waals surface area contributed by atoms with Crippen LogP contribution < -0.4 is 0 Å². The molecule has 0 aromatic heterocycles. The molecule has 0 amide bonds. The molecule has 2 unspecified atom stereocenters. The van der Waals surface area contributed by atoms with Crippen LogP contribution in [0.2, 0.25) is 0 Å². The molecule has 0 aliphatic heterocycles. The SMILES string of the molecule is CCCC(P)C(=O)c1c(C(C)C)cc(C(C)C)cc1C(C)C. The minimum atomic E-state index is 0.0323. The molecule has 2 heteroatoms. The van der Waals surface area contributed by atoms with Gasteiger partial charge in [-0.1, -0.05) is 67.0 Å². The molecule has 1 aromatic carbocycles. The third-order valence-electron chi connectivity index (χ3n) is 4.32. The molecule has 0 aliphatic carbocycles. The molecule has 1 nitrogen and oxygen atoms in total. The van der Waals surface area contributed by atoms with Gasteiger partial charge in [0.15, 0.2) is 5.78 Å². The van der Waals surface area contributed by atoms with Crippen LogP contribution in [-0.4, -0.2) is 11.4 Å². The Hall–Kier alpha value is -0.680. The molecule has 1 rings (SSSR count). The van der Waals surface area contributed by atoms with Gasteiger partial charge < -0.3 is 0 Å². The summed E-state index contributed by atoms with van der Waals surface area (Å²) in [5.41, 5.74) is 4.82. The molecule has 1 aromatic rings. The zero-order chi connectivity index (χ0) is 17.0. The molecule has 0 heterocycles. The van der Waals surface area contributed by atoms with Crippen LogP contribution >= 0.6 is 9.24 Å². The Morgan fingerprint density at radius 2 is 1.41 bits per heavy atom. The number of ketones is 1. The Bertz CT molecular complexity index is 485.